The molecule has 116 valence electrons. The average Bonchev–Trinajstić information content (AvgIpc) is 2.91. The van der Waals surface area contributed by atoms with Crippen LogP contribution in [0.3, 0.4) is 0 Å². The Kier molecular flexibility index (Phi) is 6.14. The maximum Gasteiger partial charge on any atom is 0.191 e. The first-order chi connectivity index (χ1) is 9.85. The van der Waals surface area contributed by atoms with Crippen molar-refractivity contribution in [3.63, 3.8) is 0 Å². The fourth-order valence-electron chi connectivity index (χ4n) is 2.86. The second kappa shape index (κ2) is 7.87. The summed E-state index contributed by atoms with van der Waals surface area (Å²) in [5.74, 6) is 0.967. The van der Waals surface area contributed by atoms with E-state index in [1.807, 2.05) is 7.05 Å². The van der Waals surface area contributed by atoms with Gasteiger partial charge in [0.25, 0.3) is 0 Å². The van der Waals surface area contributed by atoms with E-state index in [-0.39, 0.29) is 24.0 Å². The number of hydrogen-bond donors (Lipinski definition) is 2. The number of halogens is 1. The molecule has 1 saturated carbocycles. The SMILES string of the molecule is CN=C(NC1CCC1)NC1CCN(c2ccccc2)C1.I. The van der Waals surface area contributed by atoms with Gasteiger partial charge >= 0.3 is 0 Å². The topological polar surface area (TPSA) is 39.7 Å². The van der Waals surface area contributed by atoms with Crippen LogP contribution in [0.15, 0.2) is 35.3 Å². The summed E-state index contributed by atoms with van der Waals surface area (Å²) in [6, 6.07) is 11.8. The van der Waals surface area contributed by atoms with E-state index in [4.69, 9.17) is 0 Å². The molecule has 0 aromatic heterocycles. The van der Waals surface area contributed by atoms with Gasteiger partial charge in [-0.2, -0.15) is 0 Å². The molecule has 1 aliphatic carbocycles. The van der Waals surface area contributed by atoms with Gasteiger partial charge in [0.2, 0.25) is 0 Å². The first-order valence-electron chi connectivity index (χ1n) is 7.65. The number of guanidine groups is 1. The lowest BCUT2D eigenvalue weighted by Gasteiger charge is -2.29. The highest BCUT2D eigenvalue weighted by Crippen LogP contribution is 2.20. The molecule has 1 aliphatic heterocycles. The zero-order valence-corrected chi connectivity index (χ0v) is 14.9. The van der Waals surface area contributed by atoms with Gasteiger partial charge in [-0.3, -0.25) is 4.99 Å². The second-order valence-electron chi connectivity index (χ2n) is 5.76. The van der Waals surface area contributed by atoms with Crippen LogP contribution in [0.2, 0.25) is 0 Å². The van der Waals surface area contributed by atoms with Crippen LogP contribution in [0.4, 0.5) is 5.69 Å². The molecule has 2 aliphatic rings. The van der Waals surface area contributed by atoms with Crippen LogP contribution in [0.5, 0.6) is 0 Å². The van der Waals surface area contributed by atoms with Crippen LogP contribution in [0.1, 0.15) is 25.7 Å². The molecule has 1 atom stereocenters. The maximum atomic E-state index is 4.35. The Morgan fingerprint density at radius 3 is 2.43 bits per heavy atom. The summed E-state index contributed by atoms with van der Waals surface area (Å²) in [6.07, 6.45) is 5.07. The van der Waals surface area contributed by atoms with E-state index in [1.54, 1.807) is 0 Å². The third kappa shape index (κ3) is 4.25. The number of nitrogens with one attached hydrogen (secondary N) is 2. The highest BCUT2D eigenvalue weighted by molar-refractivity contribution is 14.0. The first-order valence-corrected chi connectivity index (χ1v) is 7.65. The molecule has 1 saturated heterocycles. The number of anilines is 1. The Morgan fingerprint density at radius 1 is 1.10 bits per heavy atom. The molecule has 0 bridgehead atoms. The van der Waals surface area contributed by atoms with Gasteiger partial charge in [0.05, 0.1) is 0 Å². The van der Waals surface area contributed by atoms with Crippen molar-refractivity contribution < 1.29 is 0 Å². The Balaban J connectivity index is 0.00000161. The molecule has 1 aromatic carbocycles. The maximum absolute atomic E-state index is 4.35. The van der Waals surface area contributed by atoms with E-state index in [2.05, 4.69) is 50.9 Å². The lowest BCUT2D eigenvalue weighted by atomic mass is 9.93. The zero-order valence-electron chi connectivity index (χ0n) is 12.6. The predicted molar refractivity (Wildman–Crippen MR) is 99.7 cm³/mol. The summed E-state index contributed by atoms with van der Waals surface area (Å²) in [4.78, 5) is 6.79. The molecule has 21 heavy (non-hydrogen) atoms. The van der Waals surface area contributed by atoms with E-state index < -0.39 is 0 Å². The summed E-state index contributed by atoms with van der Waals surface area (Å²) in [5, 5.41) is 7.07. The molecule has 0 radical (unpaired) electrons. The highest BCUT2D eigenvalue weighted by Gasteiger charge is 2.25. The van der Waals surface area contributed by atoms with Crippen molar-refractivity contribution in [3.8, 4) is 0 Å². The van der Waals surface area contributed by atoms with E-state index in [0.29, 0.717) is 12.1 Å². The van der Waals surface area contributed by atoms with Crippen LogP contribution in [-0.4, -0.2) is 38.2 Å². The monoisotopic (exact) mass is 400 g/mol. The molecule has 3 rings (SSSR count). The van der Waals surface area contributed by atoms with E-state index >= 15 is 0 Å². The number of rotatable bonds is 3. The molecule has 1 aromatic rings. The molecular weight excluding hydrogens is 375 g/mol. The third-order valence-electron chi connectivity index (χ3n) is 4.32. The molecule has 2 N–H and O–H groups in total. The van der Waals surface area contributed by atoms with Crippen molar-refractivity contribution in [2.24, 2.45) is 4.99 Å². The number of para-hydroxylation sites is 1. The van der Waals surface area contributed by atoms with Gasteiger partial charge in [-0.05, 0) is 37.8 Å². The standard InChI is InChI=1S/C16H24N4.HI/c1-17-16(18-13-6-5-7-13)19-14-10-11-20(12-14)15-8-3-2-4-9-15;/h2-4,8-9,13-14H,5-7,10-12H2,1H3,(H2,17,18,19);1H. The van der Waals surface area contributed by atoms with Crippen molar-refractivity contribution in [2.75, 3.05) is 25.0 Å². The van der Waals surface area contributed by atoms with Crippen molar-refractivity contribution in [1.82, 2.24) is 10.6 Å². The average molecular weight is 400 g/mol. The summed E-state index contributed by atoms with van der Waals surface area (Å²) >= 11 is 0. The molecular formula is C16H25IN4. The fourth-order valence-corrected chi connectivity index (χ4v) is 2.86. The largest absolute Gasteiger partial charge is 0.369 e. The van der Waals surface area contributed by atoms with Crippen LogP contribution >= 0.6 is 24.0 Å². The Labute approximate surface area is 144 Å². The highest BCUT2D eigenvalue weighted by atomic mass is 127. The molecule has 1 unspecified atom stereocenters. The van der Waals surface area contributed by atoms with E-state index in [1.165, 1.54) is 31.4 Å². The van der Waals surface area contributed by atoms with Crippen molar-refractivity contribution in [2.45, 2.75) is 37.8 Å². The van der Waals surface area contributed by atoms with Gasteiger partial charge in [0.15, 0.2) is 5.96 Å². The summed E-state index contributed by atoms with van der Waals surface area (Å²) in [6.45, 7) is 2.16. The van der Waals surface area contributed by atoms with Crippen molar-refractivity contribution >= 4 is 35.6 Å². The van der Waals surface area contributed by atoms with E-state index in [0.717, 1.165) is 19.0 Å². The van der Waals surface area contributed by atoms with Gasteiger partial charge in [-0.1, -0.05) is 18.2 Å². The number of nitrogens with zero attached hydrogens (tertiary/aromatic N) is 2. The van der Waals surface area contributed by atoms with Gasteiger partial charge in [0, 0.05) is 37.9 Å². The van der Waals surface area contributed by atoms with Gasteiger partial charge in [0.1, 0.15) is 0 Å². The smallest absolute Gasteiger partial charge is 0.191 e. The molecule has 5 heteroatoms. The molecule has 0 spiro atoms. The van der Waals surface area contributed by atoms with Crippen LogP contribution in [0.25, 0.3) is 0 Å². The Morgan fingerprint density at radius 2 is 1.81 bits per heavy atom. The number of aliphatic imine (C=N–C) groups is 1. The Hall–Kier alpha value is -0.980. The quantitative estimate of drug-likeness (QED) is 0.466. The van der Waals surface area contributed by atoms with Crippen LogP contribution in [-0.2, 0) is 0 Å². The lowest BCUT2D eigenvalue weighted by molar-refractivity contribution is 0.378. The first kappa shape index (κ1) is 16.4. The van der Waals surface area contributed by atoms with Crippen molar-refractivity contribution in [1.29, 1.82) is 0 Å². The molecule has 0 amide bonds. The lowest BCUT2D eigenvalue weighted by Crippen LogP contribution is -2.50. The molecule has 1 heterocycles. The van der Waals surface area contributed by atoms with Gasteiger partial charge in [-0.25, -0.2) is 0 Å². The number of hydrogen-bond acceptors (Lipinski definition) is 2. The summed E-state index contributed by atoms with van der Waals surface area (Å²) in [5.41, 5.74) is 1.32. The molecule has 4 nitrogen and oxygen atoms in total. The zero-order chi connectivity index (χ0) is 13.8. The van der Waals surface area contributed by atoms with Gasteiger partial charge < -0.3 is 15.5 Å². The third-order valence-corrected chi connectivity index (χ3v) is 4.32. The number of benzene rings is 1. The minimum absolute atomic E-state index is 0. The minimum atomic E-state index is 0. The van der Waals surface area contributed by atoms with Crippen molar-refractivity contribution in [3.05, 3.63) is 30.3 Å². The summed E-state index contributed by atoms with van der Waals surface area (Å²) < 4.78 is 0. The molecule has 2 fully saturated rings. The normalized spacial score (nSPS) is 22.4. The van der Waals surface area contributed by atoms with Crippen LogP contribution in [0, 0.1) is 0 Å². The summed E-state index contributed by atoms with van der Waals surface area (Å²) in [7, 11) is 1.86. The minimum Gasteiger partial charge on any atom is -0.369 e. The predicted octanol–water partition coefficient (Wildman–Crippen LogP) is 2.60. The van der Waals surface area contributed by atoms with E-state index in [9.17, 15) is 0 Å². The van der Waals surface area contributed by atoms with Gasteiger partial charge in [-0.15, -0.1) is 24.0 Å². The second-order valence-corrected chi connectivity index (χ2v) is 5.76. The fraction of sp³-hybridized carbons (Fsp3) is 0.562. The Bertz CT molecular complexity index is 459. The van der Waals surface area contributed by atoms with Crippen LogP contribution < -0.4 is 15.5 Å².